The molecule has 1 N–H and O–H groups in total. The van der Waals surface area contributed by atoms with Crippen LogP contribution in [0.3, 0.4) is 0 Å². The Bertz CT molecular complexity index is 1130. The van der Waals surface area contributed by atoms with E-state index in [9.17, 15) is 39.5 Å². The number of ether oxygens (including phenoxy) is 2. The number of hydrogen-bond acceptors (Lipinski definition) is 3. The lowest BCUT2D eigenvalue weighted by Gasteiger charge is -2.36. The van der Waals surface area contributed by atoms with Crippen molar-refractivity contribution in [2.75, 3.05) is 13.1 Å². The van der Waals surface area contributed by atoms with Gasteiger partial charge in [0, 0.05) is 18.4 Å². The average molecular weight is 565 g/mol. The molecule has 0 aliphatic heterocycles. The number of alkyl halides is 9. The van der Waals surface area contributed by atoms with E-state index in [2.05, 4.69) is 14.8 Å². The Balaban J connectivity index is 2.12. The first-order valence-electron chi connectivity index (χ1n) is 11.7. The molecule has 0 unspecified atom stereocenters. The minimum absolute atomic E-state index is 0.0745. The predicted molar refractivity (Wildman–Crippen MR) is 125 cm³/mol. The molecule has 12 heteroatoms. The van der Waals surface area contributed by atoms with Gasteiger partial charge in [-0.25, -0.2) is 0 Å². The molecule has 0 atom stereocenters. The lowest BCUT2D eigenvalue weighted by atomic mass is 9.70. The largest absolute Gasteiger partial charge is 0.573 e. The maximum Gasteiger partial charge on any atom is 0.573 e. The minimum atomic E-state index is -5.00. The zero-order chi connectivity index (χ0) is 28.7. The zero-order valence-corrected chi connectivity index (χ0v) is 20.3. The van der Waals surface area contributed by atoms with Crippen molar-refractivity contribution in [3.8, 4) is 11.5 Å². The summed E-state index contributed by atoms with van der Waals surface area (Å²) in [4.78, 5) is 0. The maximum atomic E-state index is 13.0. The molecule has 0 amide bonds. The normalized spacial score (nSPS) is 12.8. The van der Waals surface area contributed by atoms with Crippen molar-refractivity contribution in [3.63, 3.8) is 0 Å². The van der Waals surface area contributed by atoms with Crippen molar-refractivity contribution in [2.45, 2.75) is 43.6 Å². The molecule has 0 spiro atoms. The van der Waals surface area contributed by atoms with Crippen LogP contribution in [0.15, 0.2) is 78.9 Å². The van der Waals surface area contributed by atoms with Crippen LogP contribution in [-0.4, -0.2) is 32.0 Å². The van der Waals surface area contributed by atoms with Crippen molar-refractivity contribution in [1.29, 1.82) is 0 Å². The minimum Gasteiger partial charge on any atom is -0.406 e. The summed E-state index contributed by atoms with van der Waals surface area (Å²) < 4.78 is 124. The average Bonchev–Trinajstić information content (AvgIpc) is 2.81. The molecule has 0 heterocycles. The zero-order valence-electron chi connectivity index (χ0n) is 20.3. The van der Waals surface area contributed by atoms with Gasteiger partial charge in [0.2, 0.25) is 0 Å². The van der Waals surface area contributed by atoms with Crippen molar-refractivity contribution in [3.05, 3.63) is 95.6 Å². The Labute approximate surface area is 218 Å². The van der Waals surface area contributed by atoms with Gasteiger partial charge in [-0.2, -0.15) is 13.2 Å². The van der Waals surface area contributed by atoms with Gasteiger partial charge in [0.15, 0.2) is 0 Å². The molecule has 0 bridgehead atoms. The second kappa shape index (κ2) is 12.2. The van der Waals surface area contributed by atoms with Gasteiger partial charge in [-0.3, -0.25) is 0 Å². The van der Waals surface area contributed by atoms with Gasteiger partial charge in [0.05, 0.1) is 0 Å². The van der Waals surface area contributed by atoms with E-state index in [-0.39, 0.29) is 37.1 Å². The Morgan fingerprint density at radius 3 is 1.59 bits per heavy atom. The molecule has 3 rings (SSSR count). The van der Waals surface area contributed by atoms with Crippen molar-refractivity contribution in [2.24, 2.45) is 0 Å². The first-order valence-corrected chi connectivity index (χ1v) is 11.7. The van der Waals surface area contributed by atoms with Gasteiger partial charge in [-0.1, -0.05) is 54.6 Å². The van der Waals surface area contributed by atoms with Crippen molar-refractivity contribution in [1.82, 2.24) is 5.32 Å². The van der Waals surface area contributed by atoms with Gasteiger partial charge < -0.3 is 14.8 Å². The molecule has 0 fully saturated rings. The molecule has 212 valence electrons. The monoisotopic (exact) mass is 565 g/mol. The first-order chi connectivity index (χ1) is 18.2. The van der Waals surface area contributed by atoms with E-state index in [0.29, 0.717) is 5.56 Å². The van der Waals surface area contributed by atoms with Crippen LogP contribution in [-0.2, 0) is 11.8 Å². The molecule has 0 aliphatic carbocycles. The Morgan fingerprint density at radius 2 is 1.13 bits per heavy atom. The fourth-order valence-electron chi connectivity index (χ4n) is 4.28. The molecule has 0 saturated heterocycles. The summed E-state index contributed by atoms with van der Waals surface area (Å²) in [6.07, 6.45) is -15.6. The summed E-state index contributed by atoms with van der Waals surface area (Å²) in [6.45, 7) is -0.224. The topological polar surface area (TPSA) is 30.5 Å². The molecule has 0 radical (unpaired) electrons. The number of hydrogen-bond donors (Lipinski definition) is 1. The van der Waals surface area contributed by atoms with Crippen LogP contribution in [0.4, 0.5) is 39.5 Å². The summed E-state index contributed by atoms with van der Waals surface area (Å²) in [7, 11) is 0. The van der Waals surface area contributed by atoms with E-state index >= 15 is 0 Å². The summed E-state index contributed by atoms with van der Waals surface area (Å²) in [5.41, 5.74) is -0.185. The molecular weight excluding hydrogens is 541 g/mol. The molecule has 0 aliphatic rings. The van der Waals surface area contributed by atoms with Crippen LogP contribution in [0, 0.1) is 0 Å². The lowest BCUT2D eigenvalue weighted by Crippen LogP contribution is -2.42. The highest BCUT2D eigenvalue weighted by atomic mass is 19.4. The highest BCUT2D eigenvalue weighted by Crippen LogP contribution is 2.40. The Kier molecular flexibility index (Phi) is 9.42. The highest BCUT2D eigenvalue weighted by molar-refractivity contribution is 5.47. The van der Waals surface area contributed by atoms with Crippen LogP contribution < -0.4 is 14.8 Å². The van der Waals surface area contributed by atoms with E-state index in [1.165, 1.54) is 24.3 Å². The van der Waals surface area contributed by atoms with Crippen molar-refractivity contribution < 1.29 is 49.0 Å². The smallest absolute Gasteiger partial charge is 0.406 e. The van der Waals surface area contributed by atoms with Crippen LogP contribution in [0.25, 0.3) is 0 Å². The highest BCUT2D eigenvalue weighted by Gasteiger charge is 2.38. The standard InChI is InChI=1S/C27H24F9NO2/c28-25(29,30)13-6-14-37-18-24(17-19-7-2-1-3-8-19,20-9-4-11-22(15-20)38-26(31,32)33)21-10-5-12-23(16-21)39-27(34,35)36/h1-5,7-12,15-16,37H,6,13-14,17-18H2. The lowest BCUT2D eigenvalue weighted by molar-refractivity contribution is -0.275. The number of nitrogens with one attached hydrogen (secondary N) is 1. The fourth-order valence-corrected chi connectivity index (χ4v) is 4.28. The molecule has 3 aromatic carbocycles. The van der Waals surface area contributed by atoms with E-state index in [1.807, 2.05) is 0 Å². The number of rotatable bonds is 11. The Hall–Kier alpha value is -3.41. The molecule has 39 heavy (non-hydrogen) atoms. The Morgan fingerprint density at radius 1 is 0.615 bits per heavy atom. The van der Waals surface area contributed by atoms with E-state index in [1.54, 1.807) is 30.3 Å². The molecular formula is C27H24F9NO2. The van der Waals surface area contributed by atoms with Gasteiger partial charge in [0.1, 0.15) is 11.5 Å². The molecule has 0 saturated carbocycles. The van der Waals surface area contributed by atoms with Gasteiger partial charge in [-0.05, 0) is 60.3 Å². The molecule has 0 aromatic heterocycles. The quantitative estimate of drug-likeness (QED) is 0.189. The summed E-state index contributed by atoms with van der Waals surface area (Å²) in [6, 6.07) is 18.6. The van der Waals surface area contributed by atoms with E-state index < -0.39 is 42.2 Å². The first kappa shape index (κ1) is 30.1. The van der Waals surface area contributed by atoms with Crippen LogP contribution >= 0.6 is 0 Å². The third-order valence-corrected chi connectivity index (χ3v) is 5.83. The summed E-state index contributed by atoms with van der Waals surface area (Å²) >= 11 is 0. The van der Waals surface area contributed by atoms with Crippen LogP contribution in [0.1, 0.15) is 29.5 Å². The van der Waals surface area contributed by atoms with Gasteiger partial charge in [0.25, 0.3) is 0 Å². The van der Waals surface area contributed by atoms with Crippen molar-refractivity contribution >= 4 is 0 Å². The SMILES string of the molecule is FC(F)(F)CCCNCC(Cc1ccccc1)(c1cccc(OC(F)(F)F)c1)c1cccc(OC(F)(F)F)c1. The summed E-state index contributed by atoms with van der Waals surface area (Å²) in [5, 5.41) is 2.93. The molecule has 3 nitrogen and oxygen atoms in total. The van der Waals surface area contributed by atoms with Gasteiger partial charge >= 0.3 is 18.9 Å². The van der Waals surface area contributed by atoms with E-state index in [0.717, 1.165) is 24.3 Å². The second-order valence-electron chi connectivity index (χ2n) is 8.79. The molecule has 3 aromatic rings. The summed E-state index contributed by atoms with van der Waals surface area (Å²) in [5.74, 6) is -1.12. The van der Waals surface area contributed by atoms with Crippen LogP contribution in [0.2, 0.25) is 0 Å². The maximum absolute atomic E-state index is 13.0. The van der Waals surface area contributed by atoms with E-state index in [4.69, 9.17) is 0 Å². The fraction of sp³-hybridized carbons (Fsp3) is 0.333. The number of benzene rings is 3. The third-order valence-electron chi connectivity index (χ3n) is 5.83. The predicted octanol–water partition coefficient (Wildman–Crippen LogP) is 7.94. The number of halogens is 9. The second-order valence-corrected chi connectivity index (χ2v) is 8.79. The third kappa shape index (κ3) is 9.68. The van der Waals surface area contributed by atoms with Crippen LogP contribution in [0.5, 0.6) is 11.5 Å². The van der Waals surface area contributed by atoms with Gasteiger partial charge in [-0.15, -0.1) is 26.3 Å².